The van der Waals surface area contributed by atoms with Crippen molar-refractivity contribution in [3.8, 4) is 0 Å². The summed E-state index contributed by atoms with van der Waals surface area (Å²) in [5.41, 5.74) is 5.30. The molecule has 0 saturated carbocycles. The van der Waals surface area contributed by atoms with Gasteiger partial charge in [-0.2, -0.15) is 18.2 Å². The van der Waals surface area contributed by atoms with Crippen LogP contribution in [0, 0.1) is 5.82 Å². The zero-order valence-corrected chi connectivity index (χ0v) is 20.6. The number of hydrogen-bond acceptors (Lipinski definition) is 9. The van der Waals surface area contributed by atoms with Gasteiger partial charge in [0.15, 0.2) is 11.6 Å². The third-order valence-electron chi connectivity index (χ3n) is 5.43. The molecule has 1 amide bonds. The first-order valence-corrected chi connectivity index (χ1v) is 11.6. The molecule has 10 nitrogen and oxygen atoms in total. The van der Waals surface area contributed by atoms with Gasteiger partial charge < -0.3 is 19.9 Å². The molecule has 0 bridgehead atoms. The number of ether oxygens (including phenoxy) is 1. The Balaban J connectivity index is 1.40. The second-order valence-corrected chi connectivity index (χ2v) is 8.75. The zero-order valence-electron chi connectivity index (χ0n) is 20.6. The third kappa shape index (κ3) is 7.04. The number of halogens is 4. The van der Waals surface area contributed by atoms with E-state index in [1.807, 2.05) is 0 Å². The summed E-state index contributed by atoms with van der Waals surface area (Å²) in [4.78, 5) is 28.0. The van der Waals surface area contributed by atoms with E-state index in [2.05, 4.69) is 31.1 Å². The minimum absolute atomic E-state index is 0.0161. The maximum Gasteiger partial charge on any atom is 0.416 e. The van der Waals surface area contributed by atoms with Gasteiger partial charge in [-0.1, -0.05) is 0 Å². The number of carbonyl (C=O) groups is 1. The third-order valence-corrected chi connectivity index (χ3v) is 5.43. The molecular formula is C24H26F4N8O2. The van der Waals surface area contributed by atoms with Crippen LogP contribution >= 0.6 is 0 Å². The molecule has 1 fully saturated rings. The van der Waals surface area contributed by atoms with Crippen LogP contribution in [0.15, 0.2) is 42.7 Å². The van der Waals surface area contributed by atoms with E-state index in [-0.39, 0.29) is 23.1 Å². The lowest BCUT2D eigenvalue weighted by atomic mass is 10.1. The van der Waals surface area contributed by atoms with Crippen LogP contribution in [0.1, 0.15) is 21.6 Å². The van der Waals surface area contributed by atoms with Crippen molar-refractivity contribution in [3.63, 3.8) is 0 Å². The Morgan fingerprint density at radius 3 is 2.50 bits per heavy atom. The van der Waals surface area contributed by atoms with E-state index in [9.17, 15) is 22.4 Å². The van der Waals surface area contributed by atoms with Crippen LogP contribution in [0.4, 0.5) is 40.7 Å². The van der Waals surface area contributed by atoms with E-state index in [1.54, 1.807) is 30.0 Å². The number of rotatable bonds is 8. The fraction of sp³-hybridized carbons (Fsp3) is 0.333. The summed E-state index contributed by atoms with van der Waals surface area (Å²) in [6, 6.07) is 6.65. The van der Waals surface area contributed by atoms with E-state index in [0.717, 1.165) is 18.3 Å². The first kappa shape index (κ1) is 27.0. The largest absolute Gasteiger partial charge is 0.416 e. The number of nitrogens with one attached hydrogen (secondary N) is 3. The molecule has 2 aromatic heterocycles. The van der Waals surface area contributed by atoms with Gasteiger partial charge in [0, 0.05) is 25.3 Å². The molecule has 38 heavy (non-hydrogen) atoms. The lowest BCUT2D eigenvalue weighted by molar-refractivity contribution is -0.137. The number of alkyl halides is 3. The number of morpholine rings is 1. The number of aromatic nitrogens is 3. The molecule has 202 valence electrons. The van der Waals surface area contributed by atoms with Gasteiger partial charge >= 0.3 is 6.18 Å². The summed E-state index contributed by atoms with van der Waals surface area (Å²) in [6.07, 6.45) is -2.17. The summed E-state index contributed by atoms with van der Waals surface area (Å²) < 4.78 is 59.5. The highest BCUT2D eigenvalue weighted by Gasteiger charge is 2.31. The highest BCUT2D eigenvalue weighted by Crippen LogP contribution is 2.33. The standard InChI is InChI=1S/C24H26F4N8O2/c1-35(2)14-15-9-16(24(26,27)28)11-18(10-15)31-17-3-4-20(29-12-17)22(37)33-34-23-30-13-19(25)21(32-23)36-5-7-38-8-6-36/h3-4,9-13,31H,5-8,14H2,1-2H3,(H,33,37)(H,30,32,34). The molecule has 0 atom stereocenters. The van der Waals surface area contributed by atoms with Crippen molar-refractivity contribution in [2.45, 2.75) is 12.7 Å². The maximum absolute atomic E-state index is 14.2. The first-order valence-electron chi connectivity index (χ1n) is 11.6. The summed E-state index contributed by atoms with van der Waals surface area (Å²) in [7, 11) is 3.53. The fourth-order valence-electron chi connectivity index (χ4n) is 3.75. The van der Waals surface area contributed by atoms with Crippen molar-refractivity contribution in [2.24, 2.45) is 0 Å². The molecule has 0 unspecified atom stereocenters. The average Bonchev–Trinajstić information content (AvgIpc) is 2.88. The Morgan fingerprint density at radius 1 is 1.08 bits per heavy atom. The quantitative estimate of drug-likeness (QED) is 0.296. The van der Waals surface area contributed by atoms with Gasteiger partial charge in [0.1, 0.15) is 5.69 Å². The molecule has 3 N–H and O–H groups in total. The zero-order chi connectivity index (χ0) is 27.3. The maximum atomic E-state index is 14.2. The molecule has 0 spiro atoms. The number of benzene rings is 1. The number of amides is 1. The molecule has 4 rings (SSSR count). The van der Waals surface area contributed by atoms with E-state index in [1.165, 1.54) is 18.3 Å². The van der Waals surface area contributed by atoms with Crippen LogP contribution < -0.4 is 21.1 Å². The molecule has 1 aliphatic rings. The average molecular weight is 535 g/mol. The minimum atomic E-state index is -4.50. The summed E-state index contributed by atoms with van der Waals surface area (Å²) in [5.74, 6) is -1.14. The number of hydrazine groups is 1. The molecule has 1 aromatic carbocycles. The number of nitrogens with zero attached hydrogens (tertiary/aromatic N) is 5. The van der Waals surface area contributed by atoms with E-state index in [0.29, 0.717) is 44.1 Å². The van der Waals surface area contributed by atoms with Crippen LogP contribution in [-0.2, 0) is 17.5 Å². The van der Waals surface area contributed by atoms with Gasteiger partial charge in [-0.25, -0.2) is 14.4 Å². The Morgan fingerprint density at radius 2 is 1.84 bits per heavy atom. The Bertz CT molecular complexity index is 1270. The van der Waals surface area contributed by atoms with Crippen LogP contribution in [0.3, 0.4) is 0 Å². The molecule has 14 heteroatoms. The Labute approximate surface area is 216 Å². The highest BCUT2D eigenvalue weighted by atomic mass is 19.4. The number of hydrogen-bond donors (Lipinski definition) is 3. The van der Waals surface area contributed by atoms with Crippen LogP contribution in [0.5, 0.6) is 0 Å². The summed E-state index contributed by atoms with van der Waals surface area (Å²) in [5, 5.41) is 2.90. The van der Waals surface area contributed by atoms with Gasteiger partial charge in [0.05, 0.1) is 36.9 Å². The van der Waals surface area contributed by atoms with Crippen molar-refractivity contribution in [1.82, 2.24) is 25.3 Å². The lowest BCUT2D eigenvalue weighted by Crippen LogP contribution is -2.38. The number of pyridine rings is 1. The van der Waals surface area contributed by atoms with Gasteiger partial charge in [-0.05, 0) is 50.0 Å². The van der Waals surface area contributed by atoms with Crippen LogP contribution in [0.25, 0.3) is 0 Å². The van der Waals surface area contributed by atoms with Gasteiger partial charge in [0.25, 0.3) is 5.91 Å². The second-order valence-electron chi connectivity index (χ2n) is 8.75. The molecule has 0 radical (unpaired) electrons. The SMILES string of the molecule is CN(C)Cc1cc(Nc2ccc(C(=O)NNc3ncc(F)c(N4CCOCC4)n3)nc2)cc(C(F)(F)F)c1. The fourth-order valence-corrected chi connectivity index (χ4v) is 3.75. The predicted molar refractivity (Wildman–Crippen MR) is 132 cm³/mol. The first-order chi connectivity index (χ1) is 18.1. The summed E-state index contributed by atoms with van der Waals surface area (Å²) in [6.45, 7) is 2.17. The van der Waals surface area contributed by atoms with Crippen molar-refractivity contribution in [3.05, 3.63) is 65.4 Å². The topological polar surface area (TPSA) is 108 Å². The molecule has 0 aliphatic carbocycles. The predicted octanol–water partition coefficient (Wildman–Crippen LogP) is 3.43. The molecule has 3 aromatic rings. The molecular weight excluding hydrogens is 508 g/mol. The van der Waals surface area contributed by atoms with Gasteiger partial charge in [-0.3, -0.25) is 15.6 Å². The normalized spacial score (nSPS) is 13.9. The number of carbonyl (C=O) groups excluding carboxylic acids is 1. The van der Waals surface area contributed by atoms with Crippen molar-refractivity contribution in [1.29, 1.82) is 0 Å². The lowest BCUT2D eigenvalue weighted by Gasteiger charge is -2.28. The number of anilines is 4. The monoisotopic (exact) mass is 534 g/mol. The van der Waals surface area contributed by atoms with Crippen molar-refractivity contribution >= 4 is 29.0 Å². The van der Waals surface area contributed by atoms with Crippen LogP contribution in [-0.4, -0.2) is 66.2 Å². The van der Waals surface area contributed by atoms with E-state index < -0.39 is 23.5 Å². The van der Waals surface area contributed by atoms with Crippen molar-refractivity contribution < 1.29 is 27.1 Å². The van der Waals surface area contributed by atoms with Crippen molar-refractivity contribution in [2.75, 3.05) is 56.0 Å². The Hall–Kier alpha value is -4.04. The smallest absolute Gasteiger partial charge is 0.378 e. The van der Waals surface area contributed by atoms with E-state index in [4.69, 9.17) is 4.74 Å². The van der Waals surface area contributed by atoms with Gasteiger partial charge in [-0.15, -0.1) is 0 Å². The van der Waals surface area contributed by atoms with Crippen LogP contribution in [0.2, 0.25) is 0 Å². The second kappa shape index (κ2) is 11.6. The molecule has 1 saturated heterocycles. The molecule has 3 heterocycles. The minimum Gasteiger partial charge on any atom is -0.378 e. The van der Waals surface area contributed by atoms with E-state index >= 15 is 0 Å². The summed E-state index contributed by atoms with van der Waals surface area (Å²) >= 11 is 0. The highest BCUT2D eigenvalue weighted by molar-refractivity contribution is 5.93. The van der Waals surface area contributed by atoms with Gasteiger partial charge in [0.2, 0.25) is 5.95 Å². The Kier molecular flexibility index (Phi) is 8.22. The molecule has 1 aliphatic heterocycles.